The zero-order valence-corrected chi connectivity index (χ0v) is 9.45. The van der Waals surface area contributed by atoms with Crippen LogP contribution in [-0.4, -0.2) is 9.78 Å². The van der Waals surface area contributed by atoms with Crippen LogP contribution in [0.15, 0.2) is 30.6 Å². The van der Waals surface area contributed by atoms with Crippen molar-refractivity contribution in [1.82, 2.24) is 9.78 Å². The van der Waals surface area contributed by atoms with Gasteiger partial charge < -0.3 is 0 Å². The third kappa shape index (κ3) is 3.10. The molecule has 0 amide bonds. The Labute approximate surface area is 105 Å². The Morgan fingerprint density at radius 2 is 2.00 bits per heavy atom. The van der Waals surface area contributed by atoms with Gasteiger partial charge in [-0.25, -0.2) is 4.39 Å². The van der Waals surface area contributed by atoms with Gasteiger partial charge in [0, 0.05) is 6.20 Å². The number of nitrogens with zero attached hydrogens (tertiary/aromatic N) is 3. The molecule has 7 heteroatoms. The fourth-order valence-electron chi connectivity index (χ4n) is 1.59. The molecule has 0 saturated heterocycles. The zero-order chi connectivity index (χ0) is 14.0. The van der Waals surface area contributed by atoms with Gasteiger partial charge in [-0.1, -0.05) is 0 Å². The highest BCUT2D eigenvalue weighted by Crippen LogP contribution is 2.28. The van der Waals surface area contributed by atoms with Crippen LogP contribution in [0.3, 0.4) is 0 Å². The molecule has 3 nitrogen and oxygen atoms in total. The standard InChI is InChI=1S/C12H7F4N3/c13-11-2-8(4-17)1-9(3-11)6-19-7-10(5-18-19)12(14,15)16/h1-3,5,7H,6H2. The van der Waals surface area contributed by atoms with Gasteiger partial charge in [-0.2, -0.15) is 23.5 Å². The van der Waals surface area contributed by atoms with Crippen LogP contribution in [0.1, 0.15) is 16.7 Å². The molecule has 0 saturated carbocycles. The fourth-order valence-corrected chi connectivity index (χ4v) is 1.59. The van der Waals surface area contributed by atoms with E-state index in [9.17, 15) is 17.6 Å². The molecule has 0 aliphatic rings. The molecule has 0 spiro atoms. The van der Waals surface area contributed by atoms with E-state index in [4.69, 9.17) is 5.26 Å². The molecule has 2 aromatic rings. The molecule has 98 valence electrons. The molecule has 0 bridgehead atoms. The number of hydrogen-bond acceptors (Lipinski definition) is 2. The molecule has 0 unspecified atom stereocenters. The van der Waals surface area contributed by atoms with E-state index in [1.807, 2.05) is 0 Å². The van der Waals surface area contributed by atoms with E-state index in [0.29, 0.717) is 11.8 Å². The molecule has 2 rings (SSSR count). The number of hydrogen-bond donors (Lipinski definition) is 0. The lowest BCUT2D eigenvalue weighted by Gasteiger charge is -2.03. The zero-order valence-electron chi connectivity index (χ0n) is 9.45. The topological polar surface area (TPSA) is 41.6 Å². The van der Waals surface area contributed by atoms with Crippen LogP contribution in [-0.2, 0) is 12.7 Å². The Morgan fingerprint density at radius 1 is 1.26 bits per heavy atom. The molecule has 0 radical (unpaired) electrons. The van der Waals surface area contributed by atoms with Crippen molar-refractivity contribution in [2.45, 2.75) is 12.7 Å². The minimum absolute atomic E-state index is 0.0392. The molecule has 0 atom stereocenters. The van der Waals surface area contributed by atoms with Gasteiger partial charge in [0.1, 0.15) is 5.82 Å². The van der Waals surface area contributed by atoms with Crippen molar-refractivity contribution in [3.8, 4) is 6.07 Å². The summed E-state index contributed by atoms with van der Waals surface area (Å²) in [5.74, 6) is -0.614. The Balaban J connectivity index is 2.25. The summed E-state index contributed by atoms with van der Waals surface area (Å²) in [4.78, 5) is 0. The van der Waals surface area contributed by atoms with Crippen molar-refractivity contribution in [2.75, 3.05) is 0 Å². The van der Waals surface area contributed by atoms with Gasteiger partial charge in [-0.05, 0) is 23.8 Å². The summed E-state index contributed by atoms with van der Waals surface area (Å²) in [6, 6.07) is 5.37. The third-order valence-electron chi connectivity index (χ3n) is 2.39. The molecule has 1 aromatic carbocycles. The predicted octanol–water partition coefficient (Wildman–Crippen LogP) is 2.96. The summed E-state index contributed by atoms with van der Waals surface area (Å²) in [5.41, 5.74) is -0.393. The first-order chi connectivity index (χ1) is 8.88. The maximum absolute atomic E-state index is 13.2. The molecular formula is C12H7F4N3. The predicted molar refractivity (Wildman–Crippen MR) is 57.4 cm³/mol. The number of alkyl halides is 3. The van der Waals surface area contributed by atoms with E-state index in [1.54, 1.807) is 6.07 Å². The van der Waals surface area contributed by atoms with E-state index in [-0.39, 0.29) is 12.1 Å². The van der Waals surface area contributed by atoms with E-state index >= 15 is 0 Å². The van der Waals surface area contributed by atoms with E-state index in [0.717, 1.165) is 23.0 Å². The lowest BCUT2D eigenvalue weighted by molar-refractivity contribution is -0.137. The van der Waals surface area contributed by atoms with Crippen molar-refractivity contribution in [3.63, 3.8) is 0 Å². The normalized spacial score (nSPS) is 11.3. The summed E-state index contributed by atoms with van der Waals surface area (Å²) in [6.07, 6.45) is -2.93. The van der Waals surface area contributed by atoms with Crippen molar-refractivity contribution in [2.24, 2.45) is 0 Å². The number of aromatic nitrogens is 2. The Hall–Kier alpha value is -2.36. The van der Waals surface area contributed by atoms with Crippen molar-refractivity contribution in [3.05, 3.63) is 53.1 Å². The minimum atomic E-state index is -4.46. The van der Waals surface area contributed by atoms with Gasteiger partial charge in [0.25, 0.3) is 0 Å². The highest BCUT2D eigenvalue weighted by molar-refractivity contribution is 5.33. The van der Waals surface area contributed by atoms with Crippen LogP contribution in [0, 0.1) is 17.1 Å². The van der Waals surface area contributed by atoms with Gasteiger partial charge in [-0.3, -0.25) is 4.68 Å². The average molecular weight is 269 g/mol. The second-order valence-electron chi connectivity index (χ2n) is 3.88. The molecule has 1 heterocycles. The average Bonchev–Trinajstić information content (AvgIpc) is 2.76. The fraction of sp³-hybridized carbons (Fsp3) is 0.167. The highest BCUT2D eigenvalue weighted by Gasteiger charge is 2.32. The van der Waals surface area contributed by atoms with Crippen molar-refractivity contribution in [1.29, 1.82) is 5.26 Å². The maximum Gasteiger partial charge on any atom is 0.419 e. The number of rotatable bonds is 2. The highest BCUT2D eigenvalue weighted by atomic mass is 19.4. The van der Waals surface area contributed by atoms with Crippen molar-refractivity contribution >= 4 is 0 Å². The van der Waals surface area contributed by atoms with Gasteiger partial charge in [0.05, 0.1) is 29.9 Å². The lowest BCUT2D eigenvalue weighted by Crippen LogP contribution is -2.04. The molecule has 1 aromatic heterocycles. The Bertz CT molecular complexity index is 637. The molecular weight excluding hydrogens is 262 g/mol. The maximum atomic E-state index is 13.2. The Kier molecular flexibility index (Phi) is 3.25. The summed E-state index contributed by atoms with van der Waals surface area (Å²) in [7, 11) is 0. The lowest BCUT2D eigenvalue weighted by atomic mass is 10.1. The van der Waals surface area contributed by atoms with Gasteiger partial charge in [0.2, 0.25) is 0 Å². The summed E-state index contributed by atoms with van der Waals surface area (Å²) < 4.78 is 51.3. The van der Waals surface area contributed by atoms with Crippen LogP contribution >= 0.6 is 0 Å². The summed E-state index contributed by atoms with van der Waals surface area (Å²) in [5, 5.41) is 12.2. The summed E-state index contributed by atoms with van der Waals surface area (Å²) in [6.45, 7) is -0.0392. The molecule has 0 aliphatic heterocycles. The molecule has 19 heavy (non-hydrogen) atoms. The van der Waals surface area contributed by atoms with Gasteiger partial charge >= 0.3 is 6.18 Å². The second-order valence-corrected chi connectivity index (χ2v) is 3.88. The largest absolute Gasteiger partial charge is 0.419 e. The quantitative estimate of drug-likeness (QED) is 0.786. The van der Waals surface area contributed by atoms with E-state index in [2.05, 4.69) is 5.10 Å². The van der Waals surface area contributed by atoms with E-state index < -0.39 is 17.6 Å². The number of nitriles is 1. The van der Waals surface area contributed by atoms with Gasteiger partial charge in [0.15, 0.2) is 0 Å². The summed E-state index contributed by atoms with van der Waals surface area (Å²) >= 11 is 0. The second kappa shape index (κ2) is 4.72. The first kappa shape index (κ1) is 13.1. The van der Waals surface area contributed by atoms with Gasteiger partial charge in [-0.15, -0.1) is 0 Å². The third-order valence-corrected chi connectivity index (χ3v) is 2.39. The smallest absolute Gasteiger partial charge is 0.268 e. The Morgan fingerprint density at radius 3 is 2.58 bits per heavy atom. The number of halogens is 4. The van der Waals surface area contributed by atoms with Crippen LogP contribution in [0.5, 0.6) is 0 Å². The van der Waals surface area contributed by atoms with Crippen LogP contribution in [0.25, 0.3) is 0 Å². The first-order valence-electron chi connectivity index (χ1n) is 5.18. The van der Waals surface area contributed by atoms with Crippen LogP contribution in [0.4, 0.5) is 17.6 Å². The molecule has 0 fully saturated rings. The number of benzene rings is 1. The molecule has 0 N–H and O–H groups in total. The first-order valence-corrected chi connectivity index (χ1v) is 5.18. The minimum Gasteiger partial charge on any atom is -0.268 e. The van der Waals surface area contributed by atoms with Crippen LogP contribution in [0.2, 0.25) is 0 Å². The van der Waals surface area contributed by atoms with E-state index in [1.165, 1.54) is 6.07 Å². The monoisotopic (exact) mass is 269 g/mol. The molecule has 0 aliphatic carbocycles. The van der Waals surface area contributed by atoms with Crippen molar-refractivity contribution < 1.29 is 17.6 Å². The SMILES string of the molecule is N#Cc1cc(F)cc(Cn2cc(C(F)(F)F)cn2)c1. The van der Waals surface area contributed by atoms with Crippen LogP contribution < -0.4 is 0 Å².